The van der Waals surface area contributed by atoms with Crippen LogP contribution >= 0.6 is 0 Å². The van der Waals surface area contributed by atoms with E-state index in [-0.39, 0.29) is 0 Å². The van der Waals surface area contributed by atoms with Crippen molar-refractivity contribution in [3.05, 3.63) is 0 Å². The third kappa shape index (κ3) is 5.02. The van der Waals surface area contributed by atoms with Crippen LogP contribution in [0, 0.1) is 11.3 Å². The average Bonchev–Trinajstić information content (AvgIpc) is 2.11. The van der Waals surface area contributed by atoms with Gasteiger partial charge < -0.3 is 0 Å². The summed E-state index contributed by atoms with van der Waals surface area (Å²) >= 11 is 0. The fraction of sp³-hybridized carbons (Fsp3) is 1.00. The molecule has 0 amide bonds. The molecule has 0 saturated carbocycles. The molecule has 0 bridgehead atoms. The highest BCUT2D eigenvalue weighted by atomic mass is 14.3. The summed E-state index contributed by atoms with van der Waals surface area (Å²) in [7, 11) is 0. The van der Waals surface area contributed by atoms with E-state index in [1.165, 1.54) is 44.9 Å². The van der Waals surface area contributed by atoms with Crippen LogP contribution < -0.4 is 0 Å². The first-order valence-electron chi connectivity index (χ1n) is 6.58. The molecule has 0 fully saturated rings. The Morgan fingerprint density at radius 2 is 1.50 bits per heavy atom. The average molecular weight is 198 g/mol. The van der Waals surface area contributed by atoms with Gasteiger partial charge in [-0.1, -0.05) is 66.7 Å². The van der Waals surface area contributed by atoms with Crippen molar-refractivity contribution >= 4 is 0 Å². The Morgan fingerprint density at radius 1 is 0.857 bits per heavy atom. The largest absolute Gasteiger partial charge is 0.0654 e. The molecule has 0 rings (SSSR count). The monoisotopic (exact) mass is 198 g/mol. The van der Waals surface area contributed by atoms with Crippen molar-refractivity contribution < 1.29 is 0 Å². The van der Waals surface area contributed by atoms with Crippen LogP contribution in [0.15, 0.2) is 0 Å². The van der Waals surface area contributed by atoms with Crippen LogP contribution in [0.25, 0.3) is 0 Å². The van der Waals surface area contributed by atoms with E-state index in [1.54, 1.807) is 0 Å². The molecule has 0 heteroatoms. The molecule has 0 N–H and O–H groups in total. The lowest BCUT2D eigenvalue weighted by molar-refractivity contribution is 0.166. The molecule has 1 atom stereocenters. The lowest BCUT2D eigenvalue weighted by Gasteiger charge is -2.34. The van der Waals surface area contributed by atoms with Crippen molar-refractivity contribution in [2.75, 3.05) is 0 Å². The minimum absolute atomic E-state index is 0.569. The molecule has 0 aliphatic rings. The lowest BCUT2D eigenvalue weighted by atomic mass is 9.71. The molecule has 0 aromatic heterocycles. The maximum Gasteiger partial charge on any atom is -0.0326 e. The van der Waals surface area contributed by atoms with Gasteiger partial charge in [-0.05, 0) is 24.2 Å². The Bertz CT molecular complexity index is 124. The highest BCUT2D eigenvalue weighted by Crippen LogP contribution is 2.38. The summed E-state index contributed by atoms with van der Waals surface area (Å²) in [6, 6.07) is 0. The molecule has 0 saturated heterocycles. The first kappa shape index (κ1) is 14.0. The van der Waals surface area contributed by atoms with Crippen LogP contribution in [0.2, 0.25) is 0 Å². The van der Waals surface area contributed by atoms with Gasteiger partial charge in [0, 0.05) is 0 Å². The molecule has 0 heterocycles. The Hall–Kier alpha value is 0. The number of hydrogen-bond donors (Lipinski definition) is 0. The minimum atomic E-state index is 0.569. The molecule has 0 aromatic rings. The van der Waals surface area contributed by atoms with Gasteiger partial charge >= 0.3 is 0 Å². The first-order chi connectivity index (χ1) is 6.58. The fourth-order valence-electron chi connectivity index (χ4n) is 2.57. The quantitative estimate of drug-likeness (QED) is 0.488. The van der Waals surface area contributed by atoms with Gasteiger partial charge in [-0.15, -0.1) is 0 Å². The number of rotatable bonds is 8. The van der Waals surface area contributed by atoms with Gasteiger partial charge in [0.1, 0.15) is 0 Å². The van der Waals surface area contributed by atoms with E-state index in [9.17, 15) is 0 Å². The van der Waals surface area contributed by atoms with E-state index >= 15 is 0 Å². The summed E-state index contributed by atoms with van der Waals surface area (Å²) < 4.78 is 0. The first-order valence-corrected chi connectivity index (χ1v) is 6.58. The molecule has 0 nitrogen and oxygen atoms in total. The van der Waals surface area contributed by atoms with Crippen LogP contribution in [0.5, 0.6) is 0 Å². The zero-order valence-electron chi connectivity index (χ0n) is 11.0. The molecular formula is C14H30. The van der Waals surface area contributed by atoms with Gasteiger partial charge in [0.25, 0.3) is 0 Å². The predicted molar refractivity (Wildman–Crippen MR) is 66.6 cm³/mol. The summed E-state index contributed by atoms with van der Waals surface area (Å²) in [5.41, 5.74) is 0.569. The van der Waals surface area contributed by atoms with Crippen molar-refractivity contribution in [2.24, 2.45) is 11.3 Å². The fourth-order valence-corrected chi connectivity index (χ4v) is 2.57. The second-order valence-electron chi connectivity index (χ2n) is 5.37. The Kier molecular flexibility index (Phi) is 7.31. The molecule has 0 aromatic carbocycles. The smallest absolute Gasteiger partial charge is 0.0326 e. The van der Waals surface area contributed by atoms with Crippen molar-refractivity contribution in [3.63, 3.8) is 0 Å². The van der Waals surface area contributed by atoms with Gasteiger partial charge in [-0.3, -0.25) is 0 Å². The summed E-state index contributed by atoms with van der Waals surface area (Å²) in [5, 5.41) is 0. The third-order valence-electron chi connectivity index (χ3n) is 3.54. The van der Waals surface area contributed by atoms with Crippen LogP contribution in [-0.4, -0.2) is 0 Å². The maximum absolute atomic E-state index is 2.46. The van der Waals surface area contributed by atoms with Crippen molar-refractivity contribution in [1.82, 2.24) is 0 Å². The topological polar surface area (TPSA) is 0 Å². The summed E-state index contributed by atoms with van der Waals surface area (Å²) in [5.74, 6) is 0.951. The summed E-state index contributed by atoms with van der Waals surface area (Å²) in [6.07, 6.45) is 9.70. The molecule has 0 radical (unpaired) electrons. The summed E-state index contributed by atoms with van der Waals surface area (Å²) in [4.78, 5) is 0. The molecular weight excluding hydrogens is 168 g/mol. The molecule has 0 aliphatic carbocycles. The molecule has 0 spiro atoms. The zero-order chi connectivity index (χ0) is 11.0. The van der Waals surface area contributed by atoms with Gasteiger partial charge in [-0.2, -0.15) is 0 Å². The van der Waals surface area contributed by atoms with E-state index in [2.05, 4.69) is 34.6 Å². The van der Waals surface area contributed by atoms with Crippen LogP contribution in [0.3, 0.4) is 0 Å². The Labute approximate surface area is 91.5 Å². The minimum Gasteiger partial charge on any atom is -0.0654 e. The highest BCUT2D eigenvalue weighted by Gasteiger charge is 2.26. The van der Waals surface area contributed by atoms with Gasteiger partial charge in [0.15, 0.2) is 0 Å². The Morgan fingerprint density at radius 3 is 1.93 bits per heavy atom. The maximum atomic E-state index is 2.46. The lowest BCUT2D eigenvalue weighted by Crippen LogP contribution is -2.24. The van der Waals surface area contributed by atoms with Gasteiger partial charge in [0.2, 0.25) is 0 Å². The molecule has 14 heavy (non-hydrogen) atoms. The van der Waals surface area contributed by atoms with Gasteiger partial charge in [-0.25, -0.2) is 0 Å². The normalized spacial score (nSPS) is 14.4. The standard InChI is InChI=1S/C14H30/c1-6-9-11-13(10-7-2)14(4,5)12-8-3/h13H,6-12H2,1-5H3. The molecule has 1 unspecified atom stereocenters. The predicted octanol–water partition coefficient (Wildman–Crippen LogP) is 5.42. The second kappa shape index (κ2) is 7.31. The summed E-state index contributed by atoms with van der Waals surface area (Å²) in [6.45, 7) is 11.9. The number of hydrogen-bond acceptors (Lipinski definition) is 0. The zero-order valence-corrected chi connectivity index (χ0v) is 11.0. The van der Waals surface area contributed by atoms with Crippen LogP contribution in [-0.2, 0) is 0 Å². The van der Waals surface area contributed by atoms with E-state index in [4.69, 9.17) is 0 Å². The Balaban J connectivity index is 4.14. The van der Waals surface area contributed by atoms with E-state index in [1.807, 2.05) is 0 Å². The molecule has 86 valence electrons. The van der Waals surface area contributed by atoms with Crippen LogP contribution in [0.1, 0.15) is 79.6 Å². The van der Waals surface area contributed by atoms with E-state index in [0.29, 0.717) is 5.41 Å². The van der Waals surface area contributed by atoms with Crippen molar-refractivity contribution in [3.8, 4) is 0 Å². The second-order valence-corrected chi connectivity index (χ2v) is 5.37. The van der Waals surface area contributed by atoms with Crippen LogP contribution in [0.4, 0.5) is 0 Å². The molecule has 0 aliphatic heterocycles. The van der Waals surface area contributed by atoms with E-state index in [0.717, 1.165) is 5.92 Å². The highest BCUT2D eigenvalue weighted by molar-refractivity contribution is 4.77. The SMILES string of the molecule is CCCCC(CCC)C(C)(C)CCC. The number of unbranched alkanes of at least 4 members (excludes halogenated alkanes) is 1. The van der Waals surface area contributed by atoms with Crippen molar-refractivity contribution in [2.45, 2.75) is 79.6 Å². The van der Waals surface area contributed by atoms with Crippen molar-refractivity contribution in [1.29, 1.82) is 0 Å². The van der Waals surface area contributed by atoms with E-state index < -0.39 is 0 Å². The van der Waals surface area contributed by atoms with Gasteiger partial charge in [0.05, 0.1) is 0 Å². The third-order valence-corrected chi connectivity index (χ3v) is 3.54.